The maximum Gasteiger partial charge on any atom is 0.414 e. The first kappa shape index (κ1) is 28.8. The van der Waals surface area contributed by atoms with Gasteiger partial charge in [0.2, 0.25) is 11.8 Å². The molecule has 4 amide bonds. The number of hydrogen-bond acceptors (Lipinski definition) is 6. The van der Waals surface area contributed by atoms with E-state index < -0.39 is 18.0 Å². The summed E-state index contributed by atoms with van der Waals surface area (Å²) in [5.74, 6) is -1.21. The Morgan fingerprint density at radius 1 is 1.00 bits per heavy atom. The minimum atomic E-state index is -0.594. The Bertz CT molecular complexity index is 1270. The third-order valence-electron chi connectivity index (χ3n) is 7.08. The van der Waals surface area contributed by atoms with E-state index in [2.05, 4.69) is 31.4 Å². The summed E-state index contributed by atoms with van der Waals surface area (Å²) in [6.45, 7) is 9.59. The fraction of sp³-hybridized carbons (Fsp3) is 0.448. The van der Waals surface area contributed by atoms with Gasteiger partial charge < -0.3 is 25.2 Å². The van der Waals surface area contributed by atoms with Gasteiger partial charge in [0.15, 0.2) is 0 Å². The molecule has 2 heterocycles. The summed E-state index contributed by atoms with van der Waals surface area (Å²) in [5, 5.41) is 5.30. The number of cyclic esters (lactones) is 1. The second kappa shape index (κ2) is 11.9. The van der Waals surface area contributed by atoms with Gasteiger partial charge >= 0.3 is 6.09 Å². The maximum absolute atomic E-state index is 15.1. The van der Waals surface area contributed by atoms with Crippen LogP contribution in [-0.2, 0) is 19.7 Å². The normalized spacial score (nSPS) is 17.5. The Morgan fingerprint density at radius 3 is 2.27 bits per heavy atom. The largest absolute Gasteiger partial charge is 0.442 e. The van der Waals surface area contributed by atoms with Crippen LogP contribution in [0.2, 0.25) is 0 Å². The summed E-state index contributed by atoms with van der Waals surface area (Å²) in [5.41, 5.74) is 2.35. The van der Waals surface area contributed by atoms with Crippen molar-refractivity contribution in [3.8, 4) is 0 Å². The zero-order valence-electron chi connectivity index (χ0n) is 23.3. The van der Waals surface area contributed by atoms with Crippen molar-refractivity contribution >= 4 is 35.2 Å². The predicted molar refractivity (Wildman–Crippen MR) is 149 cm³/mol. The average molecular weight is 554 g/mol. The first-order valence-corrected chi connectivity index (χ1v) is 13.4. The van der Waals surface area contributed by atoms with Gasteiger partial charge in [0.05, 0.1) is 31.0 Å². The number of hydrogen-bond donors (Lipinski definition) is 2. The van der Waals surface area contributed by atoms with Crippen molar-refractivity contribution in [3.05, 3.63) is 59.4 Å². The van der Waals surface area contributed by atoms with Gasteiger partial charge in [-0.3, -0.25) is 19.3 Å². The van der Waals surface area contributed by atoms with Crippen molar-refractivity contribution in [1.82, 2.24) is 15.5 Å². The Labute approximate surface area is 233 Å². The quantitative estimate of drug-likeness (QED) is 0.546. The Balaban J connectivity index is 1.26. The molecule has 11 heteroatoms. The average Bonchev–Trinajstić information content (AvgIpc) is 3.30. The highest BCUT2D eigenvalue weighted by molar-refractivity contribution is 5.96. The van der Waals surface area contributed by atoms with Crippen molar-refractivity contribution in [2.45, 2.75) is 39.2 Å². The van der Waals surface area contributed by atoms with Crippen molar-refractivity contribution in [3.63, 3.8) is 0 Å². The number of carbonyl (C=O) groups excluding carboxylic acids is 4. The third kappa shape index (κ3) is 6.88. The molecule has 0 aliphatic carbocycles. The number of rotatable bonds is 7. The lowest BCUT2D eigenvalue weighted by Gasteiger charge is -2.36. The molecule has 0 aromatic heterocycles. The number of nitrogens with one attached hydrogen (secondary N) is 2. The topological polar surface area (TPSA) is 111 Å². The van der Waals surface area contributed by atoms with Crippen molar-refractivity contribution in [2.75, 3.05) is 55.6 Å². The lowest BCUT2D eigenvalue weighted by molar-refractivity contribution is -0.130. The Morgan fingerprint density at radius 2 is 1.68 bits per heavy atom. The van der Waals surface area contributed by atoms with E-state index in [1.807, 2.05) is 17.0 Å². The molecule has 2 aliphatic rings. The molecule has 2 aliphatic heterocycles. The van der Waals surface area contributed by atoms with Crippen LogP contribution in [0, 0.1) is 5.82 Å². The second-order valence-electron chi connectivity index (χ2n) is 11.1. The Hall–Kier alpha value is -4.15. The highest BCUT2D eigenvalue weighted by atomic mass is 19.1. The molecule has 0 radical (unpaired) electrons. The molecule has 214 valence electrons. The van der Waals surface area contributed by atoms with Gasteiger partial charge in [0.25, 0.3) is 5.91 Å². The Kier molecular flexibility index (Phi) is 8.61. The highest BCUT2D eigenvalue weighted by Crippen LogP contribution is 2.28. The van der Waals surface area contributed by atoms with Crippen LogP contribution >= 0.6 is 0 Å². The molecule has 2 aromatic rings. The minimum Gasteiger partial charge on any atom is -0.442 e. The smallest absolute Gasteiger partial charge is 0.414 e. The number of ether oxygens (including phenoxy) is 1. The van der Waals surface area contributed by atoms with Crippen LogP contribution in [0.5, 0.6) is 0 Å². The standard InChI is InChI=1S/C29H36FN5O5/c1-19(36)31-16-23-18-35(28(39)40-23)22-9-10-25(24(30)15-22)33-11-13-34(14-12-33)26(37)17-32-27(38)20-5-7-21(8-6-20)29(2,3)4/h5-10,15,23H,11-14,16-18H2,1-4H3,(H,31,36)(H,32,38)/t23-/m0/s1. The molecule has 1 atom stereocenters. The number of nitrogens with zero attached hydrogens (tertiary/aromatic N) is 3. The van der Waals surface area contributed by atoms with Crippen LogP contribution in [-0.4, -0.2) is 80.6 Å². The van der Waals surface area contributed by atoms with E-state index in [-0.39, 0.29) is 42.8 Å². The lowest BCUT2D eigenvalue weighted by Crippen LogP contribution is -2.51. The summed E-state index contributed by atoms with van der Waals surface area (Å²) in [4.78, 5) is 53.4. The maximum atomic E-state index is 15.1. The second-order valence-corrected chi connectivity index (χ2v) is 11.1. The van der Waals surface area contributed by atoms with E-state index in [1.54, 1.807) is 29.2 Å². The van der Waals surface area contributed by atoms with E-state index in [0.29, 0.717) is 43.1 Å². The van der Waals surface area contributed by atoms with E-state index in [4.69, 9.17) is 4.74 Å². The van der Waals surface area contributed by atoms with Crippen LogP contribution < -0.4 is 20.4 Å². The van der Waals surface area contributed by atoms with Gasteiger partial charge in [-0.15, -0.1) is 0 Å². The van der Waals surface area contributed by atoms with E-state index in [0.717, 1.165) is 5.56 Å². The number of halogens is 1. The van der Waals surface area contributed by atoms with Gasteiger partial charge in [0.1, 0.15) is 11.9 Å². The van der Waals surface area contributed by atoms with Gasteiger partial charge in [0, 0.05) is 38.7 Å². The van der Waals surface area contributed by atoms with Crippen molar-refractivity contribution < 1.29 is 28.3 Å². The SMILES string of the molecule is CC(=O)NC[C@H]1CN(c2ccc(N3CCN(C(=O)CNC(=O)c4ccc(C(C)(C)C)cc4)CC3)c(F)c2)C(=O)O1. The van der Waals surface area contributed by atoms with E-state index >= 15 is 4.39 Å². The monoisotopic (exact) mass is 553 g/mol. The van der Waals surface area contributed by atoms with Gasteiger partial charge in [-0.05, 0) is 41.3 Å². The molecule has 2 fully saturated rings. The summed E-state index contributed by atoms with van der Waals surface area (Å²) >= 11 is 0. The third-order valence-corrected chi connectivity index (χ3v) is 7.08. The van der Waals surface area contributed by atoms with Crippen LogP contribution in [0.4, 0.5) is 20.6 Å². The number of piperazine rings is 1. The van der Waals surface area contributed by atoms with Gasteiger partial charge in [-0.1, -0.05) is 32.9 Å². The molecule has 0 saturated carbocycles. The molecule has 10 nitrogen and oxygen atoms in total. The highest BCUT2D eigenvalue weighted by Gasteiger charge is 2.33. The predicted octanol–water partition coefficient (Wildman–Crippen LogP) is 2.66. The first-order valence-electron chi connectivity index (χ1n) is 13.4. The van der Waals surface area contributed by atoms with E-state index in [9.17, 15) is 19.2 Å². The van der Waals surface area contributed by atoms with Crippen LogP contribution in [0.1, 0.15) is 43.6 Å². The molecule has 2 aromatic carbocycles. The summed E-state index contributed by atoms with van der Waals surface area (Å²) < 4.78 is 20.3. The lowest BCUT2D eigenvalue weighted by atomic mass is 9.87. The summed E-state index contributed by atoms with van der Waals surface area (Å²) in [7, 11) is 0. The fourth-order valence-corrected chi connectivity index (χ4v) is 4.70. The van der Waals surface area contributed by atoms with E-state index in [1.165, 1.54) is 17.9 Å². The molecular formula is C29H36FN5O5. The first-order chi connectivity index (χ1) is 18.9. The molecule has 2 saturated heterocycles. The summed E-state index contributed by atoms with van der Waals surface area (Å²) in [6.07, 6.45) is -1.10. The van der Waals surface area contributed by atoms with Crippen molar-refractivity contribution in [1.29, 1.82) is 0 Å². The number of benzene rings is 2. The number of amides is 4. The molecule has 2 N–H and O–H groups in total. The number of carbonyl (C=O) groups is 4. The van der Waals surface area contributed by atoms with Gasteiger partial charge in [-0.2, -0.15) is 0 Å². The molecular weight excluding hydrogens is 517 g/mol. The minimum absolute atomic E-state index is 0.0148. The molecule has 0 unspecified atom stereocenters. The fourth-order valence-electron chi connectivity index (χ4n) is 4.70. The zero-order valence-corrected chi connectivity index (χ0v) is 23.3. The van der Waals surface area contributed by atoms with Crippen LogP contribution in [0.25, 0.3) is 0 Å². The van der Waals surface area contributed by atoms with Gasteiger partial charge in [-0.25, -0.2) is 9.18 Å². The zero-order chi connectivity index (χ0) is 29.0. The van der Waals surface area contributed by atoms with Crippen molar-refractivity contribution in [2.24, 2.45) is 0 Å². The molecule has 0 spiro atoms. The van der Waals surface area contributed by atoms with Crippen LogP contribution in [0.3, 0.4) is 0 Å². The number of anilines is 2. The summed E-state index contributed by atoms with van der Waals surface area (Å²) in [6, 6.07) is 11.9. The van der Waals surface area contributed by atoms with Crippen LogP contribution in [0.15, 0.2) is 42.5 Å². The molecule has 40 heavy (non-hydrogen) atoms. The molecule has 0 bridgehead atoms. The molecule has 4 rings (SSSR count).